The summed E-state index contributed by atoms with van der Waals surface area (Å²) in [6, 6.07) is 4.73. The fraction of sp³-hybridized carbons (Fsp3) is 0.429. The number of benzene rings is 1. The van der Waals surface area contributed by atoms with Gasteiger partial charge in [-0.05, 0) is 31.0 Å². The molecule has 0 heterocycles. The van der Waals surface area contributed by atoms with Crippen molar-refractivity contribution >= 4 is 33.5 Å². The lowest BCUT2D eigenvalue weighted by atomic mass is 9.94. The van der Waals surface area contributed by atoms with Crippen LogP contribution in [-0.4, -0.2) is 22.5 Å². The van der Waals surface area contributed by atoms with E-state index in [0.717, 1.165) is 25.7 Å². The molecule has 1 saturated carbocycles. The average molecular weight is 341 g/mol. The lowest BCUT2D eigenvalue weighted by Gasteiger charge is -2.22. The summed E-state index contributed by atoms with van der Waals surface area (Å²) >= 11 is 3.21. The van der Waals surface area contributed by atoms with Crippen LogP contribution in [0.15, 0.2) is 22.7 Å². The molecule has 0 saturated heterocycles. The molecule has 0 radical (unpaired) electrons. The van der Waals surface area contributed by atoms with E-state index in [2.05, 4.69) is 21.2 Å². The number of hydrogen-bond donors (Lipinski definition) is 3. The molecule has 5 nitrogen and oxygen atoms in total. The molecule has 1 aromatic rings. The topological polar surface area (TPSA) is 92.4 Å². The zero-order chi connectivity index (χ0) is 14.8. The summed E-state index contributed by atoms with van der Waals surface area (Å²) in [7, 11) is 0. The van der Waals surface area contributed by atoms with E-state index < -0.39 is 11.5 Å². The Bertz CT molecular complexity index is 539. The number of carbonyl (C=O) groups is 2. The monoisotopic (exact) mass is 340 g/mol. The molecule has 4 N–H and O–H groups in total. The third-order valence-corrected chi connectivity index (χ3v) is 4.09. The minimum atomic E-state index is -1.08. The highest BCUT2D eigenvalue weighted by molar-refractivity contribution is 9.10. The summed E-state index contributed by atoms with van der Waals surface area (Å²) in [5, 5.41) is 11.8. The Morgan fingerprint density at radius 1 is 1.35 bits per heavy atom. The highest BCUT2D eigenvalue weighted by atomic mass is 79.9. The first-order valence-corrected chi connectivity index (χ1v) is 7.30. The van der Waals surface area contributed by atoms with Crippen LogP contribution in [0, 0.1) is 0 Å². The first kappa shape index (κ1) is 15.0. The van der Waals surface area contributed by atoms with Crippen LogP contribution in [-0.2, 0) is 4.79 Å². The van der Waals surface area contributed by atoms with E-state index in [1.165, 1.54) is 6.07 Å². The van der Waals surface area contributed by atoms with Crippen LogP contribution in [0.1, 0.15) is 42.5 Å². The Hall–Kier alpha value is -1.40. The van der Waals surface area contributed by atoms with Gasteiger partial charge in [-0.1, -0.05) is 28.8 Å². The van der Waals surface area contributed by atoms with Crippen LogP contribution in [0.5, 0.6) is 0 Å². The summed E-state index contributed by atoms with van der Waals surface area (Å²) in [6.45, 7) is 0. The molecule has 0 aromatic heterocycles. The average Bonchev–Trinajstić information content (AvgIpc) is 2.77. The van der Waals surface area contributed by atoms with E-state index in [1.807, 2.05) is 0 Å². The highest BCUT2D eigenvalue weighted by Gasteiger charge is 2.31. The van der Waals surface area contributed by atoms with Gasteiger partial charge < -0.3 is 16.2 Å². The van der Waals surface area contributed by atoms with Gasteiger partial charge in [0.25, 0.3) is 0 Å². The van der Waals surface area contributed by atoms with Gasteiger partial charge in [0.05, 0.1) is 11.3 Å². The normalized spacial score (nSPS) is 16.9. The Labute approximate surface area is 125 Å². The predicted molar refractivity (Wildman–Crippen MR) is 79.7 cm³/mol. The number of rotatable bonds is 4. The molecule has 0 unspecified atom stereocenters. The lowest BCUT2D eigenvalue weighted by Crippen LogP contribution is -2.40. The molecular weight excluding hydrogens is 324 g/mol. The Morgan fingerprint density at radius 2 is 2.00 bits per heavy atom. The van der Waals surface area contributed by atoms with Crippen LogP contribution >= 0.6 is 15.9 Å². The molecule has 2 rings (SSSR count). The van der Waals surface area contributed by atoms with Gasteiger partial charge in [-0.15, -0.1) is 0 Å². The van der Waals surface area contributed by atoms with E-state index >= 15 is 0 Å². The Morgan fingerprint density at radius 3 is 2.60 bits per heavy atom. The first-order chi connectivity index (χ1) is 9.39. The Kier molecular flexibility index (Phi) is 4.45. The molecule has 1 aliphatic rings. The maximum Gasteiger partial charge on any atom is 0.337 e. The van der Waals surface area contributed by atoms with E-state index in [1.54, 1.807) is 12.1 Å². The largest absolute Gasteiger partial charge is 0.478 e. The van der Waals surface area contributed by atoms with Crippen LogP contribution in [0.3, 0.4) is 0 Å². The summed E-state index contributed by atoms with van der Waals surface area (Å²) in [5.41, 5.74) is 6.07. The molecule has 1 aromatic carbocycles. The molecule has 108 valence electrons. The number of anilines is 1. The third kappa shape index (κ3) is 3.58. The fourth-order valence-corrected chi connectivity index (χ4v) is 2.93. The van der Waals surface area contributed by atoms with Crippen molar-refractivity contribution in [3.63, 3.8) is 0 Å². The summed E-state index contributed by atoms with van der Waals surface area (Å²) in [6.07, 6.45) is 3.99. The van der Waals surface area contributed by atoms with E-state index in [4.69, 9.17) is 10.8 Å². The molecule has 20 heavy (non-hydrogen) atoms. The van der Waals surface area contributed by atoms with Crippen molar-refractivity contribution in [2.75, 3.05) is 5.32 Å². The standard InChI is InChI=1S/C14H17BrN2O3/c15-9-3-4-11(10(7-9)13(19)20)17-12(18)8-14(16)5-1-2-6-14/h3-4,7H,1-2,5-6,8,16H2,(H,17,18)(H,19,20). The van der Waals surface area contributed by atoms with Gasteiger partial charge in [-0.25, -0.2) is 4.79 Å². The van der Waals surface area contributed by atoms with Gasteiger partial charge in [0, 0.05) is 16.4 Å². The molecule has 0 spiro atoms. The van der Waals surface area contributed by atoms with Gasteiger partial charge in [0.15, 0.2) is 0 Å². The minimum absolute atomic E-state index is 0.0604. The van der Waals surface area contributed by atoms with Crippen LogP contribution in [0.25, 0.3) is 0 Å². The van der Waals surface area contributed by atoms with Gasteiger partial charge in [-0.3, -0.25) is 4.79 Å². The fourth-order valence-electron chi connectivity index (χ4n) is 2.57. The third-order valence-electron chi connectivity index (χ3n) is 3.60. The van der Waals surface area contributed by atoms with Crippen molar-refractivity contribution in [1.29, 1.82) is 0 Å². The number of nitrogens with two attached hydrogens (primary N) is 1. The molecule has 0 bridgehead atoms. The van der Waals surface area contributed by atoms with Gasteiger partial charge in [0.1, 0.15) is 0 Å². The summed E-state index contributed by atoms with van der Waals surface area (Å²) < 4.78 is 0.652. The maximum absolute atomic E-state index is 12.0. The SMILES string of the molecule is NC1(CC(=O)Nc2ccc(Br)cc2C(=O)O)CCCC1. The zero-order valence-corrected chi connectivity index (χ0v) is 12.6. The van der Waals surface area contributed by atoms with Gasteiger partial charge in [0.2, 0.25) is 5.91 Å². The number of amides is 1. The molecule has 1 fully saturated rings. The predicted octanol–water partition coefficient (Wildman–Crippen LogP) is 2.75. The summed E-state index contributed by atoms with van der Waals surface area (Å²) in [5.74, 6) is -1.32. The molecule has 1 amide bonds. The van der Waals surface area contributed by atoms with Crippen molar-refractivity contribution in [2.45, 2.75) is 37.6 Å². The molecule has 6 heteroatoms. The van der Waals surface area contributed by atoms with Crippen molar-refractivity contribution in [3.8, 4) is 0 Å². The Balaban J connectivity index is 2.09. The number of hydrogen-bond acceptors (Lipinski definition) is 3. The molecule has 1 aliphatic carbocycles. The van der Waals surface area contributed by atoms with E-state index in [0.29, 0.717) is 10.2 Å². The summed E-state index contributed by atoms with van der Waals surface area (Å²) in [4.78, 5) is 23.2. The second-order valence-electron chi connectivity index (χ2n) is 5.29. The number of aromatic carboxylic acids is 1. The zero-order valence-electron chi connectivity index (χ0n) is 11.0. The smallest absolute Gasteiger partial charge is 0.337 e. The van der Waals surface area contributed by atoms with E-state index in [-0.39, 0.29) is 17.9 Å². The van der Waals surface area contributed by atoms with Gasteiger partial charge in [-0.2, -0.15) is 0 Å². The van der Waals surface area contributed by atoms with E-state index in [9.17, 15) is 9.59 Å². The molecular formula is C14H17BrN2O3. The van der Waals surface area contributed by atoms with Crippen LogP contribution < -0.4 is 11.1 Å². The second-order valence-corrected chi connectivity index (χ2v) is 6.21. The molecule has 0 aliphatic heterocycles. The number of carboxylic acid groups (broad SMARTS) is 1. The maximum atomic E-state index is 12.0. The second kappa shape index (κ2) is 5.93. The number of halogens is 1. The quantitative estimate of drug-likeness (QED) is 0.785. The number of carboxylic acids is 1. The van der Waals surface area contributed by atoms with Crippen molar-refractivity contribution < 1.29 is 14.7 Å². The number of carbonyl (C=O) groups excluding carboxylic acids is 1. The van der Waals surface area contributed by atoms with Crippen molar-refractivity contribution in [2.24, 2.45) is 5.73 Å². The minimum Gasteiger partial charge on any atom is -0.478 e. The lowest BCUT2D eigenvalue weighted by molar-refractivity contribution is -0.117. The van der Waals surface area contributed by atoms with Gasteiger partial charge >= 0.3 is 5.97 Å². The number of nitrogens with one attached hydrogen (secondary N) is 1. The molecule has 0 atom stereocenters. The van der Waals surface area contributed by atoms with Crippen molar-refractivity contribution in [3.05, 3.63) is 28.2 Å². The highest BCUT2D eigenvalue weighted by Crippen LogP contribution is 2.30. The first-order valence-electron chi connectivity index (χ1n) is 6.51. The van der Waals surface area contributed by atoms with Crippen molar-refractivity contribution in [1.82, 2.24) is 0 Å². The van der Waals surface area contributed by atoms with Crippen LogP contribution in [0.4, 0.5) is 5.69 Å². The van der Waals surface area contributed by atoms with Crippen LogP contribution in [0.2, 0.25) is 0 Å².